The monoisotopic (exact) mass is 946 g/mol. The van der Waals surface area contributed by atoms with E-state index in [2.05, 4.69) is 86.8 Å². The summed E-state index contributed by atoms with van der Waals surface area (Å²) in [6.45, 7) is 3.64. The minimum Gasteiger partial charge on any atom is -0.462 e. The lowest BCUT2D eigenvalue weighted by Gasteiger charge is -2.19. The highest BCUT2D eigenvalue weighted by Crippen LogP contribution is 2.43. The maximum Gasteiger partial charge on any atom is 0.472 e. The van der Waals surface area contributed by atoms with Gasteiger partial charge in [0.2, 0.25) is 0 Å². The fraction of sp³-hybridized carbons (Fsp3) is 0.750. The number of phosphoric ester groups is 1. The van der Waals surface area contributed by atoms with Gasteiger partial charge in [-0.15, -0.1) is 0 Å². The summed E-state index contributed by atoms with van der Waals surface area (Å²) in [6, 6.07) is 0. The maximum absolute atomic E-state index is 12.7. The van der Waals surface area contributed by atoms with Crippen molar-refractivity contribution in [1.29, 1.82) is 0 Å². The van der Waals surface area contributed by atoms with Crippen LogP contribution in [0.5, 0.6) is 0 Å². The van der Waals surface area contributed by atoms with E-state index in [1.54, 1.807) is 0 Å². The average Bonchev–Trinajstić information content (AvgIpc) is 3.31. The molecule has 0 fully saturated rings. The van der Waals surface area contributed by atoms with E-state index in [1.807, 2.05) is 0 Å². The SMILES string of the molecule is CC/C=C\C/C=C\C/C=C\C/C=C\C/C=C\C/C=C\CCCCCCCCCCCCC(=O)OC(COC(=O)CCCCCCCCCCCCCCCCCC)COP(=O)(O)OCCN. The van der Waals surface area contributed by atoms with E-state index >= 15 is 0 Å². The molecule has 0 aliphatic rings. The molecule has 0 radical (unpaired) electrons. The number of nitrogens with two attached hydrogens (primary N) is 1. The predicted octanol–water partition coefficient (Wildman–Crippen LogP) is 16.6. The Bertz CT molecular complexity index is 1310. The predicted molar refractivity (Wildman–Crippen MR) is 279 cm³/mol. The van der Waals surface area contributed by atoms with Crippen LogP contribution in [-0.4, -0.2) is 49.3 Å². The molecule has 2 atom stereocenters. The van der Waals surface area contributed by atoms with Crippen molar-refractivity contribution in [3.05, 3.63) is 72.9 Å². The van der Waals surface area contributed by atoms with Crippen LogP contribution in [0.1, 0.15) is 239 Å². The van der Waals surface area contributed by atoms with Gasteiger partial charge in [0.05, 0.1) is 13.2 Å². The number of hydrogen-bond donors (Lipinski definition) is 2. The second kappa shape index (κ2) is 51.8. The number of carbonyl (C=O) groups excluding carboxylic acids is 2. The zero-order chi connectivity index (χ0) is 48.1. The van der Waals surface area contributed by atoms with Gasteiger partial charge in [-0.2, -0.15) is 0 Å². The van der Waals surface area contributed by atoms with Crippen molar-refractivity contribution in [2.45, 2.75) is 245 Å². The van der Waals surface area contributed by atoms with E-state index in [4.69, 9.17) is 24.3 Å². The first-order valence-corrected chi connectivity index (χ1v) is 28.4. The van der Waals surface area contributed by atoms with Crippen LogP contribution in [0.15, 0.2) is 72.9 Å². The number of carbonyl (C=O) groups is 2. The normalized spacial score (nSPS) is 13.7. The Morgan fingerprint density at radius 1 is 0.470 bits per heavy atom. The third-order valence-electron chi connectivity index (χ3n) is 11.4. The first-order valence-electron chi connectivity index (χ1n) is 26.9. The fourth-order valence-corrected chi connectivity index (χ4v) is 8.17. The van der Waals surface area contributed by atoms with Gasteiger partial charge >= 0.3 is 19.8 Å². The summed E-state index contributed by atoms with van der Waals surface area (Å²) in [4.78, 5) is 35.1. The molecule has 9 nitrogen and oxygen atoms in total. The van der Waals surface area contributed by atoms with Crippen molar-refractivity contribution in [3.8, 4) is 0 Å². The lowest BCUT2D eigenvalue weighted by atomic mass is 10.0. The molecule has 66 heavy (non-hydrogen) atoms. The first-order chi connectivity index (χ1) is 32.3. The van der Waals surface area contributed by atoms with Crippen LogP contribution >= 0.6 is 7.82 Å². The summed E-state index contributed by atoms with van der Waals surface area (Å²) in [5, 5.41) is 0. The van der Waals surface area contributed by atoms with Gasteiger partial charge in [0, 0.05) is 19.4 Å². The highest BCUT2D eigenvalue weighted by atomic mass is 31.2. The Kier molecular flexibility index (Phi) is 49.8. The molecule has 0 saturated carbocycles. The van der Waals surface area contributed by atoms with Crippen molar-refractivity contribution in [1.82, 2.24) is 0 Å². The average molecular weight is 946 g/mol. The molecule has 2 unspecified atom stereocenters. The van der Waals surface area contributed by atoms with Crippen LogP contribution in [0.4, 0.5) is 0 Å². The number of allylic oxidation sites excluding steroid dienone is 12. The lowest BCUT2D eigenvalue weighted by molar-refractivity contribution is -0.161. The van der Waals surface area contributed by atoms with Gasteiger partial charge in [-0.1, -0.05) is 234 Å². The largest absolute Gasteiger partial charge is 0.472 e. The quantitative estimate of drug-likeness (QED) is 0.0264. The molecule has 0 spiro atoms. The van der Waals surface area contributed by atoms with Gasteiger partial charge in [-0.25, -0.2) is 4.57 Å². The van der Waals surface area contributed by atoms with E-state index in [-0.39, 0.29) is 38.6 Å². The highest BCUT2D eigenvalue weighted by molar-refractivity contribution is 7.47. The van der Waals surface area contributed by atoms with Crippen molar-refractivity contribution in [2.75, 3.05) is 26.4 Å². The van der Waals surface area contributed by atoms with Crippen LogP contribution in [0, 0.1) is 0 Å². The third kappa shape index (κ3) is 50.9. The minimum absolute atomic E-state index is 0.0512. The Labute approximate surface area is 405 Å². The van der Waals surface area contributed by atoms with E-state index in [9.17, 15) is 19.0 Å². The molecule has 0 aromatic carbocycles. The van der Waals surface area contributed by atoms with Gasteiger partial charge in [0.1, 0.15) is 6.61 Å². The maximum atomic E-state index is 12.7. The molecule has 0 saturated heterocycles. The van der Waals surface area contributed by atoms with Crippen LogP contribution in [0.25, 0.3) is 0 Å². The standard InChI is InChI=1S/C56H100NO8P/c1-3-5-7-9-11-13-15-17-19-21-22-23-24-25-26-27-28-29-30-31-32-33-35-37-39-41-43-45-47-49-56(59)65-54(53-64-66(60,61)63-51-50-57)52-62-55(58)48-46-44-42-40-38-36-34-20-18-16-14-12-10-8-6-4-2/h5,7,11,13,17,19,22-23,25-26,28-29,54H,3-4,6,8-10,12,14-16,18,20-21,24,27,30-53,57H2,1-2H3,(H,60,61)/b7-5-,13-11-,19-17-,23-22-,26-25-,29-28-. The summed E-state index contributed by atoms with van der Waals surface area (Å²) in [5.41, 5.74) is 5.37. The Morgan fingerprint density at radius 3 is 1.24 bits per heavy atom. The van der Waals surface area contributed by atoms with Crippen molar-refractivity contribution >= 4 is 19.8 Å². The summed E-state index contributed by atoms with van der Waals surface area (Å²) in [6.07, 6.45) is 65.1. The van der Waals surface area contributed by atoms with Crippen LogP contribution in [0.2, 0.25) is 0 Å². The molecular weight excluding hydrogens is 846 g/mol. The third-order valence-corrected chi connectivity index (χ3v) is 12.3. The minimum atomic E-state index is -4.39. The van der Waals surface area contributed by atoms with Gasteiger partial charge in [0.25, 0.3) is 0 Å². The van der Waals surface area contributed by atoms with Crippen molar-refractivity contribution < 1.29 is 37.6 Å². The Hall–Kier alpha value is -2.55. The molecule has 0 aromatic rings. The Balaban J connectivity index is 4.01. The molecule has 3 N–H and O–H groups in total. The van der Waals surface area contributed by atoms with Crippen molar-refractivity contribution in [2.24, 2.45) is 5.73 Å². The number of esters is 2. The number of unbranched alkanes of at least 4 members (excludes halogenated alkanes) is 25. The van der Waals surface area contributed by atoms with Crippen molar-refractivity contribution in [3.63, 3.8) is 0 Å². The Morgan fingerprint density at radius 2 is 0.833 bits per heavy atom. The number of rotatable bonds is 50. The zero-order valence-corrected chi connectivity index (χ0v) is 43.3. The second-order valence-corrected chi connectivity index (χ2v) is 19.2. The molecule has 382 valence electrons. The molecule has 0 rings (SSSR count). The van der Waals surface area contributed by atoms with E-state index < -0.39 is 26.5 Å². The molecule has 10 heteroatoms. The molecule has 0 aliphatic carbocycles. The topological polar surface area (TPSA) is 134 Å². The van der Waals surface area contributed by atoms with Crippen LogP contribution < -0.4 is 5.73 Å². The van der Waals surface area contributed by atoms with E-state index in [1.165, 1.54) is 122 Å². The van der Waals surface area contributed by atoms with Gasteiger partial charge in [-0.3, -0.25) is 18.6 Å². The van der Waals surface area contributed by atoms with Gasteiger partial charge < -0.3 is 20.1 Å². The van der Waals surface area contributed by atoms with Gasteiger partial charge in [0.15, 0.2) is 6.10 Å². The summed E-state index contributed by atoms with van der Waals surface area (Å²) >= 11 is 0. The number of ether oxygens (including phenoxy) is 2. The molecule has 0 aromatic heterocycles. The summed E-state index contributed by atoms with van der Waals surface area (Å²) < 4.78 is 33.0. The molecule has 0 bridgehead atoms. The molecule has 0 amide bonds. The number of phosphoric acid groups is 1. The summed E-state index contributed by atoms with van der Waals surface area (Å²) in [7, 11) is -4.39. The fourth-order valence-electron chi connectivity index (χ4n) is 7.40. The molecule has 0 aliphatic heterocycles. The second-order valence-electron chi connectivity index (χ2n) is 17.7. The van der Waals surface area contributed by atoms with E-state index in [0.717, 1.165) is 83.5 Å². The lowest BCUT2D eigenvalue weighted by Crippen LogP contribution is -2.29. The van der Waals surface area contributed by atoms with E-state index in [0.29, 0.717) is 6.42 Å². The zero-order valence-electron chi connectivity index (χ0n) is 42.4. The molecule has 0 heterocycles. The number of hydrogen-bond acceptors (Lipinski definition) is 8. The smallest absolute Gasteiger partial charge is 0.462 e. The van der Waals surface area contributed by atoms with Crippen LogP contribution in [-0.2, 0) is 32.7 Å². The summed E-state index contributed by atoms with van der Waals surface area (Å²) in [5.74, 6) is -0.828. The van der Waals surface area contributed by atoms with Crippen LogP contribution in [0.3, 0.4) is 0 Å². The first kappa shape index (κ1) is 63.5. The highest BCUT2D eigenvalue weighted by Gasteiger charge is 2.26. The van der Waals surface area contributed by atoms with Gasteiger partial charge in [-0.05, 0) is 64.2 Å². The molecular formula is C56H100NO8P.